The van der Waals surface area contributed by atoms with Gasteiger partial charge in [-0.05, 0) is 19.1 Å². The van der Waals surface area contributed by atoms with Crippen molar-refractivity contribution in [2.75, 3.05) is 6.61 Å². The summed E-state index contributed by atoms with van der Waals surface area (Å²) in [7, 11) is -17.4. The largest absolute Gasteiger partial charge is 0.490 e. The van der Waals surface area contributed by atoms with Gasteiger partial charge in [0.25, 0.3) is 11.4 Å². The molecule has 1 aromatic heterocycles. The SMILES string of the molecule is [2H][C@@]1(n2cc(C)c(=O)[nH]c2=S)O[C@](F)(COP(=O)(O)OP(=O)(O)OP(=O)(O)O)[C@@H](O)[C@H]1O. The number of nitrogens with one attached hydrogen (secondary N) is 1. The molecule has 2 heterocycles. The Balaban J connectivity index is 2.26. The molecule has 7 N–H and O–H groups in total. The van der Waals surface area contributed by atoms with Crippen molar-refractivity contribution in [3.05, 3.63) is 26.9 Å². The molecule has 2 rings (SSSR count). The van der Waals surface area contributed by atoms with Crippen LogP contribution in [0.25, 0.3) is 0 Å². The number of phosphoric ester groups is 1. The molecule has 6 atom stereocenters. The molecule has 1 saturated heterocycles. The number of aromatic nitrogens is 2. The zero-order valence-corrected chi connectivity index (χ0v) is 18.5. The number of H-pyrrole nitrogens is 1. The number of aliphatic hydroxyl groups is 2. The van der Waals surface area contributed by atoms with Gasteiger partial charge in [0.05, 0.1) is 1.37 Å². The first-order chi connectivity index (χ1) is 14.2. The molecule has 0 saturated carbocycles. The second-order valence-electron chi connectivity index (χ2n) is 5.92. The van der Waals surface area contributed by atoms with Crippen LogP contribution in [0.1, 0.15) is 13.1 Å². The smallest absolute Gasteiger partial charge is 0.385 e. The lowest BCUT2D eigenvalue weighted by atomic mass is 10.1. The van der Waals surface area contributed by atoms with E-state index in [0.29, 0.717) is 4.57 Å². The monoisotopic (exact) mass is 533 g/mol. The third-order valence-electron chi connectivity index (χ3n) is 3.47. The highest BCUT2D eigenvalue weighted by Gasteiger charge is 2.57. The van der Waals surface area contributed by atoms with Crippen molar-refractivity contribution < 1.29 is 67.1 Å². The predicted octanol–water partition coefficient (Wildman–Crippen LogP) is -0.526. The third-order valence-corrected chi connectivity index (χ3v) is 7.55. The lowest BCUT2D eigenvalue weighted by Gasteiger charge is -2.24. The molecule has 0 radical (unpaired) electrons. The quantitative estimate of drug-likeness (QED) is 0.164. The van der Waals surface area contributed by atoms with Crippen LogP contribution in [0.15, 0.2) is 11.0 Å². The number of aryl methyl sites for hydroxylation is 1. The molecular weight excluding hydrogens is 516 g/mol. The van der Waals surface area contributed by atoms with E-state index in [9.17, 15) is 33.6 Å². The minimum atomic E-state index is -5.90. The molecular formula is C10H16FN2O14P3S. The molecule has 0 aliphatic carbocycles. The highest BCUT2D eigenvalue weighted by Crippen LogP contribution is 2.66. The fourth-order valence-corrected chi connectivity index (χ4v) is 5.44. The Labute approximate surface area is 177 Å². The van der Waals surface area contributed by atoms with Crippen molar-refractivity contribution in [1.29, 1.82) is 0 Å². The first-order valence-corrected chi connectivity index (χ1v) is 12.5. The molecule has 178 valence electrons. The molecule has 1 fully saturated rings. The van der Waals surface area contributed by atoms with Crippen molar-refractivity contribution in [1.82, 2.24) is 9.55 Å². The maximum atomic E-state index is 15.1. The summed E-state index contributed by atoms with van der Waals surface area (Å²) < 4.78 is 72.6. The van der Waals surface area contributed by atoms with Gasteiger partial charge in [-0.2, -0.15) is 8.62 Å². The van der Waals surface area contributed by atoms with E-state index in [2.05, 4.69) is 18.1 Å². The summed E-state index contributed by atoms with van der Waals surface area (Å²) >= 11 is 4.82. The van der Waals surface area contributed by atoms with Gasteiger partial charge < -0.3 is 34.5 Å². The predicted molar refractivity (Wildman–Crippen MR) is 96.4 cm³/mol. The summed E-state index contributed by atoms with van der Waals surface area (Å²) in [5, 5.41) is 20.2. The zero-order valence-electron chi connectivity index (χ0n) is 16.0. The maximum absolute atomic E-state index is 15.1. The maximum Gasteiger partial charge on any atom is 0.490 e. The van der Waals surface area contributed by atoms with Crippen LogP contribution in [0.4, 0.5) is 4.39 Å². The number of ether oxygens (including phenoxy) is 1. The Morgan fingerprint density at radius 2 is 1.87 bits per heavy atom. The third kappa shape index (κ3) is 6.66. The van der Waals surface area contributed by atoms with Crippen LogP contribution in [0.3, 0.4) is 0 Å². The summed E-state index contributed by atoms with van der Waals surface area (Å²) in [6, 6.07) is 0. The van der Waals surface area contributed by atoms with E-state index in [4.69, 9.17) is 33.0 Å². The van der Waals surface area contributed by atoms with Gasteiger partial charge in [-0.1, -0.05) is 0 Å². The Hall–Kier alpha value is -0.680. The minimum Gasteiger partial charge on any atom is -0.385 e. The number of aliphatic hydroxyl groups excluding tert-OH is 2. The first kappa shape index (κ1) is 25.0. The van der Waals surface area contributed by atoms with Crippen molar-refractivity contribution in [3.63, 3.8) is 0 Å². The number of alkyl halides is 1. The van der Waals surface area contributed by atoms with Crippen LogP contribution in [0.2, 0.25) is 0 Å². The molecule has 1 aromatic rings. The number of nitrogens with zero attached hydrogens (tertiary/aromatic N) is 1. The van der Waals surface area contributed by atoms with E-state index in [1.165, 1.54) is 6.92 Å². The summed E-state index contributed by atoms with van der Waals surface area (Å²) in [6.45, 7) is -0.547. The molecule has 0 aromatic carbocycles. The number of halogens is 1. The number of hydrogen-bond acceptors (Lipinski definition) is 11. The standard InChI is InChI=1S/C10H16FN2O14P3S/c1-4-2-13(9(31)12-7(4)16)8-5(14)6(15)10(11,25-8)3-24-29(20,21)27-30(22,23)26-28(17,18)19/h2,5-6,8,14-15H,3H2,1H3,(H,20,21)(H,22,23)(H,12,16,31)(H2,17,18,19)/t5-,6+,8-,10-/m1/s1/i8D. The molecule has 0 bridgehead atoms. The van der Waals surface area contributed by atoms with Crippen molar-refractivity contribution in [2.45, 2.75) is 31.2 Å². The van der Waals surface area contributed by atoms with Crippen LogP contribution in [0, 0.1) is 11.7 Å². The molecule has 0 spiro atoms. The first-order valence-electron chi connectivity index (χ1n) is 8.08. The van der Waals surface area contributed by atoms with E-state index < -0.39 is 64.7 Å². The number of aromatic amines is 1. The second kappa shape index (κ2) is 8.93. The van der Waals surface area contributed by atoms with E-state index in [1.807, 2.05) is 0 Å². The van der Waals surface area contributed by atoms with Gasteiger partial charge in [0, 0.05) is 11.8 Å². The molecule has 31 heavy (non-hydrogen) atoms. The minimum absolute atomic E-state index is 0.0554. The van der Waals surface area contributed by atoms with Crippen molar-refractivity contribution >= 4 is 35.7 Å². The number of rotatable bonds is 8. The van der Waals surface area contributed by atoms with E-state index in [1.54, 1.807) is 0 Å². The molecule has 16 nitrogen and oxygen atoms in total. The Morgan fingerprint density at radius 1 is 1.29 bits per heavy atom. The number of hydrogen-bond donors (Lipinski definition) is 7. The van der Waals surface area contributed by atoms with Crippen molar-refractivity contribution in [2.24, 2.45) is 0 Å². The Bertz CT molecular complexity index is 1160. The Morgan fingerprint density at radius 3 is 2.42 bits per heavy atom. The van der Waals surface area contributed by atoms with Crippen molar-refractivity contribution in [3.8, 4) is 0 Å². The molecule has 1 aliphatic rings. The normalized spacial score (nSPS) is 33.5. The number of phosphoric acid groups is 3. The average molecular weight is 533 g/mol. The molecule has 21 heteroatoms. The average Bonchev–Trinajstić information content (AvgIpc) is 2.75. The van der Waals surface area contributed by atoms with Gasteiger partial charge in [-0.25, -0.2) is 18.1 Å². The van der Waals surface area contributed by atoms with Crippen LogP contribution in [-0.2, 0) is 31.6 Å². The molecule has 2 unspecified atom stereocenters. The van der Waals surface area contributed by atoms with E-state index in [-0.39, 0.29) is 5.56 Å². The summed E-state index contributed by atoms with van der Waals surface area (Å²) in [4.78, 5) is 49.1. The lowest BCUT2D eigenvalue weighted by molar-refractivity contribution is -0.204. The molecule has 0 amide bonds. The van der Waals surface area contributed by atoms with Gasteiger partial charge in [-0.15, -0.1) is 0 Å². The summed E-state index contributed by atoms with van der Waals surface area (Å²) in [5.74, 6) is -3.63. The van der Waals surface area contributed by atoms with Gasteiger partial charge in [0.1, 0.15) is 18.8 Å². The van der Waals surface area contributed by atoms with Crippen LogP contribution in [-0.4, -0.2) is 64.0 Å². The topological polar surface area (TPSA) is 247 Å². The lowest BCUT2D eigenvalue weighted by Crippen LogP contribution is -2.42. The van der Waals surface area contributed by atoms with Gasteiger partial charge in [-0.3, -0.25) is 18.9 Å². The van der Waals surface area contributed by atoms with Crippen LogP contribution < -0.4 is 5.56 Å². The fourth-order valence-electron chi connectivity index (χ4n) is 2.18. The highest BCUT2D eigenvalue weighted by molar-refractivity contribution is 7.71. The molecule has 1 aliphatic heterocycles. The zero-order chi connectivity index (χ0) is 24.9. The summed E-state index contributed by atoms with van der Waals surface area (Å²) in [6.07, 6.45) is -7.09. The van der Waals surface area contributed by atoms with Gasteiger partial charge >= 0.3 is 23.5 Å². The van der Waals surface area contributed by atoms with Gasteiger partial charge in [0.2, 0.25) is 0 Å². The van der Waals surface area contributed by atoms with Gasteiger partial charge in [0.15, 0.2) is 11.0 Å². The highest BCUT2D eigenvalue weighted by atomic mass is 32.1. The van der Waals surface area contributed by atoms with E-state index in [0.717, 1.165) is 6.20 Å². The van der Waals surface area contributed by atoms with Crippen LogP contribution >= 0.6 is 35.7 Å². The summed E-state index contributed by atoms with van der Waals surface area (Å²) in [5.41, 5.74) is -0.734. The second-order valence-corrected chi connectivity index (χ2v) is 10.7. The van der Waals surface area contributed by atoms with E-state index >= 15 is 4.39 Å². The van der Waals surface area contributed by atoms with Crippen LogP contribution in [0.5, 0.6) is 0 Å². The fraction of sp³-hybridized carbons (Fsp3) is 0.600. The Kier molecular flexibility index (Phi) is 7.19.